The lowest BCUT2D eigenvalue weighted by Crippen LogP contribution is -2.36. The van der Waals surface area contributed by atoms with Gasteiger partial charge in [-0.3, -0.25) is 4.79 Å². The number of nitrogens with zero attached hydrogens (tertiary/aromatic N) is 3. The average Bonchev–Trinajstić information content (AvgIpc) is 3.26. The lowest BCUT2D eigenvalue weighted by molar-refractivity contribution is -0.118. The molecule has 1 N–H and O–H groups in total. The zero-order valence-corrected chi connectivity index (χ0v) is 20.7. The van der Waals surface area contributed by atoms with Crippen molar-refractivity contribution in [3.63, 3.8) is 0 Å². The quantitative estimate of drug-likeness (QED) is 0.537. The summed E-state index contributed by atoms with van der Waals surface area (Å²) in [4.78, 5) is 18.3. The largest absolute Gasteiger partial charge is 0.494 e. The van der Waals surface area contributed by atoms with E-state index in [-0.39, 0.29) is 11.2 Å². The van der Waals surface area contributed by atoms with Crippen LogP contribution in [0.3, 0.4) is 0 Å². The van der Waals surface area contributed by atoms with E-state index in [4.69, 9.17) is 24.3 Å². The third-order valence-corrected chi connectivity index (χ3v) is 6.49. The molecule has 0 amide bonds. The Hall–Kier alpha value is -3.81. The second kappa shape index (κ2) is 8.76. The van der Waals surface area contributed by atoms with Gasteiger partial charge in [-0.25, -0.2) is 4.68 Å². The van der Waals surface area contributed by atoms with Crippen molar-refractivity contribution in [1.82, 2.24) is 14.8 Å². The number of methoxy groups -OCH3 is 2. The van der Waals surface area contributed by atoms with Gasteiger partial charge in [-0.1, -0.05) is 32.0 Å². The van der Waals surface area contributed by atoms with Gasteiger partial charge in [0.15, 0.2) is 23.1 Å². The van der Waals surface area contributed by atoms with Crippen LogP contribution in [-0.2, 0) is 4.79 Å². The van der Waals surface area contributed by atoms with Gasteiger partial charge in [0.25, 0.3) is 0 Å². The Bertz CT molecular complexity index is 1320. The first-order valence-corrected chi connectivity index (χ1v) is 11.8. The van der Waals surface area contributed by atoms with Crippen LogP contribution >= 0.6 is 0 Å². The van der Waals surface area contributed by atoms with Gasteiger partial charge in [0.05, 0.1) is 20.8 Å². The third kappa shape index (κ3) is 4.03. The van der Waals surface area contributed by atoms with Crippen LogP contribution in [0.25, 0.3) is 11.4 Å². The summed E-state index contributed by atoms with van der Waals surface area (Å²) in [6.07, 6.45) is 1.23. The topological polar surface area (TPSA) is 87.5 Å². The van der Waals surface area contributed by atoms with E-state index in [1.54, 1.807) is 18.9 Å². The van der Waals surface area contributed by atoms with Gasteiger partial charge in [-0.05, 0) is 43.0 Å². The number of ether oxygens (including phenoxy) is 3. The lowest BCUT2D eigenvalue weighted by atomic mass is 9.73. The number of hydrogen-bond acceptors (Lipinski definition) is 7. The van der Waals surface area contributed by atoms with Gasteiger partial charge >= 0.3 is 0 Å². The molecule has 0 saturated heterocycles. The Balaban J connectivity index is 1.68. The Morgan fingerprint density at radius 1 is 1.06 bits per heavy atom. The molecule has 2 heterocycles. The summed E-state index contributed by atoms with van der Waals surface area (Å²) in [5, 5.41) is 8.31. The van der Waals surface area contributed by atoms with Crippen LogP contribution in [0.15, 0.2) is 53.7 Å². The molecule has 5 rings (SSSR count). The molecule has 0 saturated carbocycles. The number of hydrogen-bond donors (Lipinski definition) is 1. The zero-order chi connectivity index (χ0) is 24.7. The minimum absolute atomic E-state index is 0.119. The van der Waals surface area contributed by atoms with E-state index >= 15 is 0 Å². The number of Topliss-reactive ketones (excluding diaryl/α,β-unsaturated/α-hetero) is 1. The highest BCUT2D eigenvalue weighted by Crippen LogP contribution is 2.47. The first-order chi connectivity index (χ1) is 16.8. The number of nitrogens with one attached hydrogen (secondary N) is 1. The molecule has 3 aromatic rings. The van der Waals surface area contributed by atoms with Gasteiger partial charge in [-0.15, -0.1) is 5.10 Å². The molecule has 0 fully saturated rings. The lowest BCUT2D eigenvalue weighted by Gasteiger charge is -2.38. The van der Waals surface area contributed by atoms with Crippen molar-refractivity contribution >= 4 is 11.7 Å². The Labute approximate surface area is 204 Å². The number of carbonyl (C=O) groups is 1. The number of anilines is 1. The van der Waals surface area contributed by atoms with E-state index in [2.05, 4.69) is 19.2 Å². The van der Waals surface area contributed by atoms with E-state index in [9.17, 15) is 4.79 Å². The summed E-state index contributed by atoms with van der Waals surface area (Å²) >= 11 is 0. The monoisotopic (exact) mass is 474 g/mol. The van der Waals surface area contributed by atoms with E-state index < -0.39 is 6.04 Å². The average molecular weight is 475 g/mol. The van der Waals surface area contributed by atoms with Crippen LogP contribution in [-0.4, -0.2) is 41.4 Å². The molecular weight excluding hydrogens is 444 g/mol. The van der Waals surface area contributed by atoms with Crippen molar-refractivity contribution in [3.8, 4) is 28.6 Å². The maximum atomic E-state index is 13.5. The third-order valence-electron chi connectivity index (χ3n) is 6.49. The maximum Gasteiger partial charge on any atom is 0.226 e. The van der Waals surface area contributed by atoms with Gasteiger partial charge in [0.2, 0.25) is 5.95 Å². The fourth-order valence-electron chi connectivity index (χ4n) is 4.99. The number of para-hydroxylation sites is 1. The van der Waals surface area contributed by atoms with Crippen molar-refractivity contribution in [3.05, 3.63) is 59.3 Å². The minimum Gasteiger partial charge on any atom is -0.494 e. The van der Waals surface area contributed by atoms with Crippen LogP contribution in [0.4, 0.5) is 5.95 Å². The van der Waals surface area contributed by atoms with Crippen LogP contribution in [0, 0.1) is 5.41 Å². The highest BCUT2D eigenvalue weighted by Gasteiger charge is 2.42. The van der Waals surface area contributed by atoms with E-state index in [1.165, 1.54) is 0 Å². The molecule has 1 unspecified atom stereocenters. The van der Waals surface area contributed by atoms with Crippen molar-refractivity contribution in [2.45, 2.75) is 39.7 Å². The minimum atomic E-state index is -0.436. The SMILES string of the molecule is CCOc1ccccc1C1C2=C(CC(C)(C)CC2=O)Nc2nc(-c3ccc(OC)c(OC)c3)nn21. The highest BCUT2D eigenvalue weighted by atomic mass is 16.5. The summed E-state index contributed by atoms with van der Waals surface area (Å²) in [6, 6.07) is 13.0. The predicted molar refractivity (Wildman–Crippen MR) is 133 cm³/mol. The second-order valence-electron chi connectivity index (χ2n) is 9.60. The molecule has 8 nitrogen and oxygen atoms in total. The summed E-state index contributed by atoms with van der Waals surface area (Å²) in [5.41, 5.74) is 3.17. The maximum absolute atomic E-state index is 13.5. The van der Waals surface area contributed by atoms with Gasteiger partial charge in [0.1, 0.15) is 11.8 Å². The first-order valence-electron chi connectivity index (χ1n) is 11.8. The predicted octanol–water partition coefficient (Wildman–Crippen LogP) is 5.02. The summed E-state index contributed by atoms with van der Waals surface area (Å²) in [6.45, 7) is 6.71. The van der Waals surface area contributed by atoms with E-state index in [0.29, 0.717) is 36.3 Å². The Kier molecular flexibility index (Phi) is 5.75. The standard InChI is InChI=1S/C27H30N4O4/c1-6-35-20-10-8-7-9-17(20)24-23-18(14-27(2,3)15-19(23)32)28-26-29-25(30-31(24)26)16-11-12-21(33-4)22(13-16)34-5/h7-13,24H,6,14-15H2,1-5H3,(H,28,29,30). The molecule has 2 aliphatic rings. The number of benzene rings is 2. The Morgan fingerprint density at radius 3 is 2.57 bits per heavy atom. The molecule has 1 aliphatic carbocycles. The highest BCUT2D eigenvalue weighted by molar-refractivity contribution is 6.00. The van der Waals surface area contributed by atoms with E-state index in [0.717, 1.165) is 34.6 Å². The van der Waals surface area contributed by atoms with Crippen molar-refractivity contribution in [2.75, 3.05) is 26.1 Å². The Morgan fingerprint density at radius 2 is 1.83 bits per heavy atom. The number of fused-ring (bicyclic) bond motifs is 1. The second-order valence-corrected chi connectivity index (χ2v) is 9.60. The molecule has 1 aliphatic heterocycles. The zero-order valence-electron chi connectivity index (χ0n) is 20.7. The number of ketones is 1. The molecule has 0 spiro atoms. The fourth-order valence-corrected chi connectivity index (χ4v) is 4.99. The molecular formula is C27H30N4O4. The molecule has 1 atom stereocenters. The molecule has 8 heteroatoms. The van der Waals surface area contributed by atoms with Gasteiger partial charge in [-0.2, -0.15) is 4.98 Å². The molecule has 0 bridgehead atoms. The molecule has 2 aromatic carbocycles. The molecule has 35 heavy (non-hydrogen) atoms. The smallest absolute Gasteiger partial charge is 0.226 e. The van der Waals surface area contributed by atoms with Crippen LogP contribution in [0.5, 0.6) is 17.2 Å². The van der Waals surface area contributed by atoms with Gasteiger partial charge < -0.3 is 19.5 Å². The first kappa shape index (κ1) is 23.0. The molecule has 0 radical (unpaired) electrons. The van der Waals surface area contributed by atoms with Crippen molar-refractivity contribution < 1.29 is 19.0 Å². The number of aromatic nitrogens is 3. The number of carbonyl (C=O) groups excluding carboxylic acids is 1. The summed E-state index contributed by atoms with van der Waals surface area (Å²) in [7, 11) is 3.20. The van der Waals surface area contributed by atoms with Crippen molar-refractivity contribution in [2.24, 2.45) is 5.41 Å². The van der Waals surface area contributed by atoms with E-state index in [1.807, 2.05) is 49.4 Å². The fraction of sp³-hybridized carbons (Fsp3) is 0.370. The van der Waals surface area contributed by atoms with Gasteiger partial charge in [0, 0.05) is 28.8 Å². The van der Waals surface area contributed by atoms with Crippen LogP contribution < -0.4 is 19.5 Å². The molecule has 182 valence electrons. The number of rotatable bonds is 6. The van der Waals surface area contributed by atoms with Crippen molar-refractivity contribution in [1.29, 1.82) is 0 Å². The number of allylic oxidation sites excluding steroid dienone is 2. The van der Waals surface area contributed by atoms with Crippen LogP contribution in [0.2, 0.25) is 0 Å². The van der Waals surface area contributed by atoms with Crippen LogP contribution in [0.1, 0.15) is 45.2 Å². The summed E-state index contributed by atoms with van der Waals surface area (Å²) < 4.78 is 18.6. The summed E-state index contributed by atoms with van der Waals surface area (Å²) in [5.74, 6) is 3.20. The normalized spacial score (nSPS) is 18.4. The molecule has 1 aromatic heterocycles.